The van der Waals surface area contributed by atoms with Crippen LogP contribution in [0.1, 0.15) is 64.4 Å². The van der Waals surface area contributed by atoms with E-state index in [-0.39, 0.29) is 18.0 Å². The van der Waals surface area contributed by atoms with E-state index < -0.39 is 0 Å². The molecule has 1 fully saturated rings. The minimum Gasteiger partial charge on any atom is -0.419 e. The standard InChI is InChI=1S/C20H23N5O2S/c1-11-7-14(18-24-23-17(27-18)13(3)21)9-15(8-11)20(26)25-6-4-5-16(25)19-22-12(2)10-28-19/h7-10,13,16H,4-6,21H2,1-3H3. The Labute approximate surface area is 167 Å². The molecule has 2 atom stereocenters. The van der Waals surface area contributed by atoms with Gasteiger partial charge in [0, 0.05) is 28.7 Å². The SMILES string of the molecule is Cc1cc(C(=O)N2CCCC2c2nc(C)cs2)cc(-c2nnc(C(C)N)o2)c1. The minimum absolute atomic E-state index is 0.00670. The summed E-state index contributed by atoms with van der Waals surface area (Å²) in [6, 6.07) is 5.36. The lowest BCUT2D eigenvalue weighted by Crippen LogP contribution is -2.30. The summed E-state index contributed by atoms with van der Waals surface area (Å²) in [5.41, 5.74) is 9.11. The molecule has 0 saturated carbocycles. The quantitative estimate of drug-likeness (QED) is 0.719. The van der Waals surface area contributed by atoms with E-state index in [1.807, 2.05) is 42.3 Å². The number of carbonyl (C=O) groups is 1. The van der Waals surface area contributed by atoms with E-state index in [4.69, 9.17) is 10.2 Å². The first-order valence-corrected chi connectivity index (χ1v) is 10.2. The molecule has 2 N–H and O–H groups in total. The zero-order chi connectivity index (χ0) is 19.8. The number of thiazole rings is 1. The van der Waals surface area contributed by atoms with Crippen molar-refractivity contribution >= 4 is 17.2 Å². The highest BCUT2D eigenvalue weighted by Gasteiger charge is 2.32. The van der Waals surface area contributed by atoms with Gasteiger partial charge in [-0.2, -0.15) is 0 Å². The number of hydrogen-bond donors (Lipinski definition) is 1. The van der Waals surface area contributed by atoms with Crippen molar-refractivity contribution in [2.75, 3.05) is 6.54 Å². The average Bonchev–Trinajstić information content (AvgIpc) is 3.40. The van der Waals surface area contributed by atoms with E-state index in [0.717, 1.165) is 41.2 Å². The average molecular weight is 398 g/mol. The highest BCUT2D eigenvalue weighted by atomic mass is 32.1. The second-order valence-electron chi connectivity index (χ2n) is 7.31. The van der Waals surface area contributed by atoms with Gasteiger partial charge in [0.25, 0.3) is 5.91 Å². The first-order valence-electron chi connectivity index (χ1n) is 9.36. The Balaban J connectivity index is 1.64. The Morgan fingerprint density at radius 3 is 2.82 bits per heavy atom. The third-order valence-corrected chi connectivity index (χ3v) is 5.90. The molecule has 0 radical (unpaired) electrons. The number of aromatic nitrogens is 3. The van der Waals surface area contributed by atoms with Gasteiger partial charge in [-0.15, -0.1) is 21.5 Å². The van der Waals surface area contributed by atoms with Gasteiger partial charge in [-0.25, -0.2) is 4.98 Å². The molecule has 4 rings (SSSR count). The molecule has 1 aliphatic rings. The molecule has 1 saturated heterocycles. The van der Waals surface area contributed by atoms with Gasteiger partial charge in [0.2, 0.25) is 11.8 Å². The Morgan fingerprint density at radius 1 is 1.32 bits per heavy atom. The molecule has 8 heteroatoms. The molecule has 0 spiro atoms. The van der Waals surface area contributed by atoms with Gasteiger partial charge in [-0.3, -0.25) is 4.79 Å². The van der Waals surface area contributed by atoms with Crippen LogP contribution in [0, 0.1) is 13.8 Å². The second-order valence-corrected chi connectivity index (χ2v) is 8.20. The molecule has 28 heavy (non-hydrogen) atoms. The number of benzene rings is 1. The Bertz CT molecular complexity index is 1010. The zero-order valence-electron chi connectivity index (χ0n) is 16.2. The topological polar surface area (TPSA) is 98.1 Å². The maximum Gasteiger partial charge on any atom is 0.254 e. The first-order chi connectivity index (χ1) is 13.4. The summed E-state index contributed by atoms with van der Waals surface area (Å²) in [6.45, 7) is 6.46. The number of amides is 1. The summed E-state index contributed by atoms with van der Waals surface area (Å²) >= 11 is 1.62. The smallest absolute Gasteiger partial charge is 0.254 e. The molecule has 0 aliphatic carbocycles. The lowest BCUT2D eigenvalue weighted by atomic mass is 10.0. The molecule has 1 aromatic carbocycles. The number of nitrogens with zero attached hydrogens (tertiary/aromatic N) is 4. The number of hydrogen-bond acceptors (Lipinski definition) is 7. The van der Waals surface area contributed by atoms with Gasteiger partial charge < -0.3 is 15.1 Å². The van der Waals surface area contributed by atoms with Crippen molar-refractivity contribution in [3.63, 3.8) is 0 Å². The fourth-order valence-corrected chi connectivity index (χ4v) is 4.47. The van der Waals surface area contributed by atoms with Crippen molar-refractivity contribution in [3.8, 4) is 11.5 Å². The molecule has 2 unspecified atom stereocenters. The molecule has 3 heterocycles. The molecule has 1 aliphatic heterocycles. The van der Waals surface area contributed by atoms with E-state index in [9.17, 15) is 4.79 Å². The third kappa shape index (κ3) is 3.57. The van der Waals surface area contributed by atoms with Crippen LogP contribution in [0.4, 0.5) is 0 Å². The van der Waals surface area contributed by atoms with Gasteiger partial charge >= 0.3 is 0 Å². The Hall–Kier alpha value is -2.58. The van der Waals surface area contributed by atoms with E-state index in [1.165, 1.54) is 0 Å². The molecule has 7 nitrogen and oxygen atoms in total. The Kier molecular flexibility index (Phi) is 4.99. The van der Waals surface area contributed by atoms with Gasteiger partial charge in [0.05, 0.1) is 12.1 Å². The first kappa shape index (κ1) is 18.8. The van der Waals surface area contributed by atoms with Crippen molar-refractivity contribution in [2.45, 2.75) is 45.7 Å². The molecule has 2 aromatic heterocycles. The van der Waals surface area contributed by atoms with E-state index in [0.29, 0.717) is 17.3 Å². The third-order valence-electron chi connectivity index (χ3n) is 4.84. The van der Waals surface area contributed by atoms with Crippen LogP contribution >= 0.6 is 11.3 Å². The largest absolute Gasteiger partial charge is 0.419 e. The lowest BCUT2D eigenvalue weighted by Gasteiger charge is -2.23. The number of nitrogens with two attached hydrogens (primary N) is 1. The van der Waals surface area contributed by atoms with Gasteiger partial charge in [-0.1, -0.05) is 0 Å². The fourth-order valence-electron chi connectivity index (χ4n) is 3.52. The number of likely N-dealkylation sites (tertiary alicyclic amines) is 1. The van der Waals surface area contributed by atoms with Crippen LogP contribution in [0.15, 0.2) is 28.0 Å². The normalized spacial score (nSPS) is 17.9. The van der Waals surface area contributed by atoms with Crippen molar-refractivity contribution in [1.29, 1.82) is 0 Å². The van der Waals surface area contributed by atoms with Crippen LogP contribution < -0.4 is 5.73 Å². The van der Waals surface area contributed by atoms with E-state index >= 15 is 0 Å². The minimum atomic E-state index is -0.334. The summed E-state index contributed by atoms with van der Waals surface area (Å²) in [5, 5.41) is 11.1. The molecule has 3 aromatic rings. The Morgan fingerprint density at radius 2 is 2.14 bits per heavy atom. The number of rotatable bonds is 4. The summed E-state index contributed by atoms with van der Waals surface area (Å²) in [5.74, 6) is 0.758. The van der Waals surface area contributed by atoms with Gasteiger partial charge in [0.15, 0.2) is 0 Å². The van der Waals surface area contributed by atoms with E-state index in [1.54, 1.807) is 18.3 Å². The van der Waals surface area contributed by atoms with E-state index in [2.05, 4.69) is 15.2 Å². The van der Waals surface area contributed by atoms with Crippen LogP contribution in [0.3, 0.4) is 0 Å². The maximum absolute atomic E-state index is 13.3. The fraction of sp³-hybridized carbons (Fsp3) is 0.400. The monoisotopic (exact) mass is 397 g/mol. The predicted molar refractivity (Wildman–Crippen MR) is 107 cm³/mol. The predicted octanol–water partition coefficient (Wildman–Crippen LogP) is 3.81. The van der Waals surface area contributed by atoms with Gasteiger partial charge in [-0.05, 0) is 57.4 Å². The van der Waals surface area contributed by atoms with Crippen LogP contribution in [-0.2, 0) is 0 Å². The molecule has 146 valence electrons. The zero-order valence-corrected chi connectivity index (χ0v) is 17.0. The lowest BCUT2D eigenvalue weighted by molar-refractivity contribution is 0.0735. The molecular weight excluding hydrogens is 374 g/mol. The summed E-state index contributed by atoms with van der Waals surface area (Å²) < 4.78 is 5.66. The highest BCUT2D eigenvalue weighted by molar-refractivity contribution is 7.09. The highest BCUT2D eigenvalue weighted by Crippen LogP contribution is 2.35. The summed E-state index contributed by atoms with van der Waals surface area (Å²) in [4.78, 5) is 19.8. The van der Waals surface area contributed by atoms with Crippen molar-refractivity contribution in [1.82, 2.24) is 20.1 Å². The molecule has 0 bridgehead atoms. The van der Waals surface area contributed by atoms with Gasteiger partial charge in [0.1, 0.15) is 5.01 Å². The van der Waals surface area contributed by atoms with Crippen LogP contribution in [-0.4, -0.2) is 32.5 Å². The number of aryl methyl sites for hydroxylation is 2. The van der Waals surface area contributed by atoms with Crippen LogP contribution in [0.2, 0.25) is 0 Å². The second kappa shape index (κ2) is 7.44. The van der Waals surface area contributed by atoms with Crippen molar-refractivity contribution < 1.29 is 9.21 Å². The maximum atomic E-state index is 13.3. The van der Waals surface area contributed by atoms with Crippen LogP contribution in [0.5, 0.6) is 0 Å². The number of carbonyl (C=O) groups excluding carboxylic acids is 1. The summed E-state index contributed by atoms with van der Waals surface area (Å²) in [7, 11) is 0. The van der Waals surface area contributed by atoms with Crippen molar-refractivity contribution in [2.24, 2.45) is 5.73 Å². The van der Waals surface area contributed by atoms with Crippen LogP contribution in [0.25, 0.3) is 11.5 Å². The molecule has 1 amide bonds. The van der Waals surface area contributed by atoms with Crippen molar-refractivity contribution in [3.05, 3.63) is 51.3 Å². The molecular formula is C20H23N5O2S. The summed E-state index contributed by atoms with van der Waals surface area (Å²) in [6.07, 6.45) is 1.92.